The molecular weight excluding hydrogens is 381 g/mol. The third-order valence-electron chi connectivity index (χ3n) is 4.72. The quantitative estimate of drug-likeness (QED) is 0.761. The Morgan fingerprint density at radius 2 is 1.76 bits per heavy atom. The minimum atomic E-state index is -0.462. The third-order valence-corrected chi connectivity index (χ3v) is 4.72. The molecule has 0 bridgehead atoms. The minimum absolute atomic E-state index is 0.188. The summed E-state index contributed by atoms with van der Waals surface area (Å²) in [4.78, 5) is 24.5. The second-order valence-corrected chi connectivity index (χ2v) is 6.61. The Bertz CT molecular complexity index is 933. The highest BCUT2D eigenvalue weighted by molar-refractivity contribution is 6.04. The van der Waals surface area contributed by atoms with Crippen LogP contribution in [-0.2, 0) is 4.79 Å². The fourth-order valence-electron chi connectivity index (χ4n) is 3.44. The van der Waals surface area contributed by atoms with Crippen molar-refractivity contribution in [2.45, 2.75) is 19.3 Å². The molecular formula is C21H22FNO6. The van der Waals surface area contributed by atoms with Crippen LogP contribution in [0.25, 0.3) is 0 Å². The highest BCUT2D eigenvalue weighted by Gasteiger charge is 2.32. The monoisotopic (exact) mass is 403 g/mol. The Balaban J connectivity index is 1.74. The van der Waals surface area contributed by atoms with Gasteiger partial charge in [0, 0.05) is 29.8 Å². The lowest BCUT2D eigenvalue weighted by Gasteiger charge is -2.15. The zero-order valence-electron chi connectivity index (χ0n) is 16.6. The number of ketones is 1. The number of nitrogens with one attached hydrogen (secondary N) is 1. The van der Waals surface area contributed by atoms with Crippen LogP contribution in [0.3, 0.4) is 0 Å². The highest BCUT2D eigenvalue weighted by Crippen LogP contribution is 2.41. The molecule has 1 aliphatic carbocycles. The standard InChI is InChI=1S/C21H22FNO6/c1-11-7-14(24)20-15(6-5-13(22)19(11)20)29-10-18(25)23-12-8-16(26-2)21(28-4)17(9-12)27-3/h5-6,8-9,11H,7,10H2,1-4H3,(H,23,25)/t11-/m1/s1. The van der Waals surface area contributed by atoms with Crippen molar-refractivity contribution in [1.29, 1.82) is 0 Å². The van der Waals surface area contributed by atoms with Gasteiger partial charge in [-0.25, -0.2) is 4.39 Å². The fraction of sp³-hybridized carbons (Fsp3) is 0.333. The Kier molecular flexibility index (Phi) is 5.91. The van der Waals surface area contributed by atoms with E-state index in [9.17, 15) is 14.0 Å². The van der Waals surface area contributed by atoms with E-state index in [1.165, 1.54) is 33.5 Å². The molecule has 0 unspecified atom stereocenters. The van der Waals surface area contributed by atoms with Gasteiger partial charge in [-0.2, -0.15) is 0 Å². The van der Waals surface area contributed by atoms with Gasteiger partial charge in [0.2, 0.25) is 5.75 Å². The number of carbonyl (C=O) groups is 2. The molecule has 0 fully saturated rings. The number of hydrogen-bond acceptors (Lipinski definition) is 6. The summed E-state index contributed by atoms with van der Waals surface area (Å²) in [7, 11) is 4.42. The molecule has 7 nitrogen and oxygen atoms in total. The molecule has 0 saturated carbocycles. The van der Waals surface area contributed by atoms with Crippen molar-refractivity contribution in [3.05, 3.63) is 41.2 Å². The first kappa shape index (κ1) is 20.4. The van der Waals surface area contributed by atoms with Gasteiger partial charge in [0.15, 0.2) is 23.9 Å². The minimum Gasteiger partial charge on any atom is -0.493 e. The molecule has 3 rings (SSSR count). The van der Waals surface area contributed by atoms with Crippen molar-refractivity contribution in [2.24, 2.45) is 0 Å². The SMILES string of the molecule is COc1cc(NC(=O)COc2ccc(F)c3c2C(=O)C[C@H]3C)cc(OC)c1OC. The number of Topliss-reactive ketones (excluding diaryl/α,β-unsaturated/α-hetero) is 1. The Hall–Kier alpha value is -3.29. The first-order valence-corrected chi connectivity index (χ1v) is 8.97. The lowest BCUT2D eigenvalue weighted by molar-refractivity contribution is -0.118. The molecule has 1 amide bonds. The first-order valence-electron chi connectivity index (χ1n) is 8.97. The Morgan fingerprint density at radius 3 is 2.34 bits per heavy atom. The number of amides is 1. The summed E-state index contributed by atoms with van der Waals surface area (Å²) in [5.74, 6) is 0.0807. The second-order valence-electron chi connectivity index (χ2n) is 6.61. The van der Waals surface area contributed by atoms with Crippen LogP contribution < -0.4 is 24.3 Å². The van der Waals surface area contributed by atoms with E-state index < -0.39 is 11.7 Å². The van der Waals surface area contributed by atoms with Crippen LogP contribution in [-0.4, -0.2) is 39.6 Å². The summed E-state index contributed by atoms with van der Waals surface area (Å²) in [6.45, 7) is 1.43. The van der Waals surface area contributed by atoms with Gasteiger partial charge in [0.05, 0.1) is 26.9 Å². The van der Waals surface area contributed by atoms with Crippen molar-refractivity contribution in [1.82, 2.24) is 0 Å². The van der Waals surface area contributed by atoms with Crippen molar-refractivity contribution < 1.29 is 32.9 Å². The van der Waals surface area contributed by atoms with Crippen LogP contribution in [0, 0.1) is 5.82 Å². The highest BCUT2D eigenvalue weighted by atomic mass is 19.1. The fourth-order valence-corrected chi connectivity index (χ4v) is 3.44. The maximum atomic E-state index is 14.1. The maximum Gasteiger partial charge on any atom is 0.262 e. The van der Waals surface area contributed by atoms with E-state index >= 15 is 0 Å². The van der Waals surface area contributed by atoms with Crippen LogP contribution in [0.2, 0.25) is 0 Å². The summed E-state index contributed by atoms with van der Waals surface area (Å²) >= 11 is 0. The number of anilines is 1. The number of methoxy groups -OCH3 is 3. The lowest BCUT2D eigenvalue weighted by Crippen LogP contribution is -2.21. The Labute approximate surface area is 167 Å². The van der Waals surface area contributed by atoms with E-state index in [1.807, 2.05) is 0 Å². The van der Waals surface area contributed by atoms with Crippen molar-refractivity contribution in [3.8, 4) is 23.0 Å². The maximum absolute atomic E-state index is 14.1. The van der Waals surface area contributed by atoms with Gasteiger partial charge in [-0.3, -0.25) is 9.59 Å². The summed E-state index contributed by atoms with van der Waals surface area (Å²) in [5, 5.41) is 2.67. The molecule has 0 aromatic heterocycles. The van der Waals surface area contributed by atoms with Crippen LogP contribution in [0.1, 0.15) is 35.2 Å². The molecule has 29 heavy (non-hydrogen) atoms. The molecule has 1 atom stereocenters. The van der Waals surface area contributed by atoms with Crippen LogP contribution in [0.15, 0.2) is 24.3 Å². The van der Waals surface area contributed by atoms with Gasteiger partial charge < -0.3 is 24.3 Å². The lowest BCUT2D eigenvalue weighted by atomic mass is 10.0. The van der Waals surface area contributed by atoms with E-state index in [0.29, 0.717) is 28.5 Å². The smallest absolute Gasteiger partial charge is 0.262 e. The van der Waals surface area contributed by atoms with E-state index in [-0.39, 0.29) is 36.0 Å². The normalized spacial score (nSPS) is 14.9. The number of fused-ring (bicyclic) bond motifs is 1. The van der Waals surface area contributed by atoms with Crippen LogP contribution >= 0.6 is 0 Å². The summed E-state index contributed by atoms with van der Waals surface area (Å²) in [6.07, 6.45) is 0.226. The van der Waals surface area contributed by atoms with Crippen molar-refractivity contribution >= 4 is 17.4 Å². The molecule has 1 N–H and O–H groups in total. The number of carbonyl (C=O) groups excluding carboxylic acids is 2. The number of hydrogen-bond donors (Lipinski definition) is 1. The molecule has 0 saturated heterocycles. The van der Waals surface area contributed by atoms with Gasteiger partial charge in [0.1, 0.15) is 11.6 Å². The van der Waals surface area contributed by atoms with E-state index in [1.54, 1.807) is 19.1 Å². The van der Waals surface area contributed by atoms with E-state index in [0.717, 1.165) is 0 Å². The number of ether oxygens (including phenoxy) is 4. The van der Waals surface area contributed by atoms with Gasteiger partial charge in [-0.15, -0.1) is 0 Å². The molecule has 154 valence electrons. The molecule has 1 aliphatic rings. The van der Waals surface area contributed by atoms with Crippen molar-refractivity contribution in [2.75, 3.05) is 33.3 Å². The molecule has 2 aromatic carbocycles. The summed E-state index contributed by atoms with van der Waals surface area (Å²) in [6, 6.07) is 5.79. The molecule has 8 heteroatoms. The van der Waals surface area contributed by atoms with Gasteiger partial charge in [-0.05, 0) is 18.1 Å². The van der Waals surface area contributed by atoms with Gasteiger partial charge >= 0.3 is 0 Å². The van der Waals surface area contributed by atoms with Gasteiger partial charge in [-0.1, -0.05) is 6.92 Å². The number of rotatable bonds is 7. The van der Waals surface area contributed by atoms with Crippen LogP contribution in [0.4, 0.5) is 10.1 Å². The third kappa shape index (κ3) is 3.96. The largest absolute Gasteiger partial charge is 0.493 e. The number of benzene rings is 2. The average Bonchev–Trinajstić information content (AvgIpc) is 3.01. The molecule has 2 aromatic rings. The summed E-state index contributed by atoms with van der Waals surface area (Å²) in [5.41, 5.74) is 0.984. The predicted octanol–water partition coefficient (Wildman–Crippen LogP) is 3.56. The van der Waals surface area contributed by atoms with Crippen LogP contribution in [0.5, 0.6) is 23.0 Å². The zero-order chi connectivity index (χ0) is 21.1. The summed E-state index contributed by atoms with van der Waals surface area (Å²) < 4.78 is 35.3. The first-order chi connectivity index (χ1) is 13.9. The average molecular weight is 403 g/mol. The van der Waals surface area contributed by atoms with E-state index in [4.69, 9.17) is 18.9 Å². The predicted molar refractivity (Wildman–Crippen MR) is 104 cm³/mol. The van der Waals surface area contributed by atoms with E-state index in [2.05, 4.69) is 5.32 Å². The molecule has 0 aliphatic heterocycles. The van der Waals surface area contributed by atoms with Gasteiger partial charge in [0.25, 0.3) is 5.91 Å². The second kappa shape index (κ2) is 8.38. The molecule has 0 radical (unpaired) electrons. The zero-order valence-corrected chi connectivity index (χ0v) is 16.6. The topological polar surface area (TPSA) is 83.1 Å². The molecule has 0 spiro atoms. The molecule has 0 heterocycles. The van der Waals surface area contributed by atoms with Crippen molar-refractivity contribution in [3.63, 3.8) is 0 Å². The Morgan fingerprint density at radius 1 is 1.10 bits per heavy atom. The number of halogens is 1.